The normalized spacial score (nSPS) is 15.4. The Labute approximate surface area is 113 Å². The number of amides is 1. The SMILES string of the molecule is COCCOc1cc(C(=O)NC2CCCC2)ccn1. The molecule has 0 unspecified atom stereocenters. The molecule has 19 heavy (non-hydrogen) atoms. The number of hydrogen-bond donors (Lipinski definition) is 1. The first-order valence-corrected chi connectivity index (χ1v) is 6.68. The van der Waals surface area contributed by atoms with Crippen molar-refractivity contribution in [3.63, 3.8) is 0 Å². The molecule has 1 amide bonds. The summed E-state index contributed by atoms with van der Waals surface area (Å²) in [5.41, 5.74) is 0.592. The molecule has 1 aliphatic rings. The Kier molecular flexibility index (Phi) is 5.15. The molecule has 104 valence electrons. The molecule has 5 heteroatoms. The molecule has 1 fully saturated rings. The van der Waals surface area contributed by atoms with Gasteiger partial charge in [0.25, 0.3) is 5.91 Å². The number of rotatable bonds is 6. The first-order valence-electron chi connectivity index (χ1n) is 6.68. The van der Waals surface area contributed by atoms with Crippen LogP contribution in [0, 0.1) is 0 Å². The minimum absolute atomic E-state index is 0.0501. The molecule has 1 aromatic rings. The van der Waals surface area contributed by atoms with E-state index >= 15 is 0 Å². The molecule has 0 bridgehead atoms. The second-order valence-corrected chi connectivity index (χ2v) is 4.68. The summed E-state index contributed by atoms with van der Waals surface area (Å²) in [5.74, 6) is 0.405. The van der Waals surface area contributed by atoms with E-state index in [0.29, 0.717) is 30.7 Å². The summed E-state index contributed by atoms with van der Waals surface area (Å²) in [6.07, 6.45) is 6.15. The minimum Gasteiger partial charge on any atom is -0.475 e. The van der Waals surface area contributed by atoms with Gasteiger partial charge in [-0.1, -0.05) is 12.8 Å². The molecule has 0 atom stereocenters. The largest absolute Gasteiger partial charge is 0.475 e. The van der Waals surface area contributed by atoms with E-state index in [9.17, 15) is 4.79 Å². The second-order valence-electron chi connectivity index (χ2n) is 4.68. The Bertz CT molecular complexity index is 417. The van der Waals surface area contributed by atoms with Crippen molar-refractivity contribution in [2.45, 2.75) is 31.7 Å². The van der Waals surface area contributed by atoms with E-state index in [2.05, 4.69) is 10.3 Å². The zero-order valence-corrected chi connectivity index (χ0v) is 11.2. The number of carbonyl (C=O) groups is 1. The molecule has 1 N–H and O–H groups in total. The molecular weight excluding hydrogens is 244 g/mol. The Morgan fingerprint density at radius 3 is 2.95 bits per heavy atom. The summed E-state index contributed by atoms with van der Waals surface area (Å²) in [4.78, 5) is 16.1. The maximum atomic E-state index is 12.1. The average molecular weight is 264 g/mol. The van der Waals surface area contributed by atoms with Crippen LogP contribution in [0.25, 0.3) is 0 Å². The van der Waals surface area contributed by atoms with Crippen LogP contribution in [0.5, 0.6) is 5.88 Å². The predicted octanol–water partition coefficient (Wildman–Crippen LogP) is 1.78. The van der Waals surface area contributed by atoms with E-state index in [1.165, 1.54) is 12.8 Å². The number of nitrogens with zero attached hydrogens (tertiary/aromatic N) is 1. The van der Waals surface area contributed by atoms with Gasteiger partial charge >= 0.3 is 0 Å². The Morgan fingerprint density at radius 1 is 1.42 bits per heavy atom. The molecule has 1 heterocycles. The van der Waals surface area contributed by atoms with E-state index in [1.807, 2.05) is 0 Å². The fourth-order valence-corrected chi connectivity index (χ4v) is 2.20. The third-order valence-corrected chi connectivity index (χ3v) is 3.22. The summed E-state index contributed by atoms with van der Waals surface area (Å²) in [5, 5.41) is 3.04. The lowest BCUT2D eigenvalue weighted by molar-refractivity contribution is 0.0937. The first kappa shape index (κ1) is 13.8. The molecule has 0 aliphatic heterocycles. The number of carbonyl (C=O) groups excluding carboxylic acids is 1. The Morgan fingerprint density at radius 2 is 2.21 bits per heavy atom. The Balaban J connectivity index is 1.91. The van der Waals surface area contributed by atoms with Crippen LogP contribution in [0.15, 0.2) is 18.3 Å². The van der Waals surface area contributed by atoms with Crippen LogP contribution < -0.4 is 10.1 Å². The molecule has 0 saturated heterocycles. The van der Waals surface area contributed by atoms with Gasteiger partial charge in [-0.05, 0) is 18.9 Å². The number of pyridine rings is 1. The lowest BCUT2D eigenvalue weighted by Crippen LogP contribution is -2.32. The van der Waals surface area contributed by atoms with E-state index < -0.39 is 0 Å². The summed E-state index contributed by atoms with van der Waals surface area (Å²) < 4.78 is 10.3. The zero-order valence-electron chi connectivity index (χ0n) is 11.2. The lowest BCUT2D eigenvalue weighted by atomic mass is 10.2. The van der Waals surface area contributed by atoms with Gasteiger partial charge in [0, 0.05) is 31.0 Å². The molecule has 1 aliphatic carbocycles. The third-order valence-electron chi connectivity index (χ3n) is 3.22. The highest BCUT2D eigenvalue weighted by Gasteiger charge is 2.18. The highest BCUT2D eigenvalue weighted by Crippen LogP contribution is 2.18. The van der Waals surface area contributed by atoms with Gasteiger partial charge in [0.15, 0.2) is 0 Å². The molecule has 0 aromatic carbocycles. The van der Waals surface area contributed by atoms with Crippen LogP contribution in [0.4, 0.5) is 0 Å². The van der Waals surface area contributed by atoms with Crippen molar-refractivity contribution in [1.82, 2.24) is 10.3 Å². The number of ether oxygens (including phenoxy) is 2. The fourth-order valence-electron chi connectivity index (χ4n) is 2.20. The second kappa shape index (κ2) is 7.09. The molecule has 1 saturated carbocycles. The molecule has 5 nitrogen and oxygen atoms in total. The smallest absolute Gasteiger partial charge is 0.251 e. The van der Waals surface area contributed by atoms with Crippen LogP contribution >= 0.6 is 0 Å². The monoisotopic (exact) mass is 264 g/mol. The van der Waals surface area contributed by atoms with Crippen LogP contribution in [-0.4, -0.2) is 37.3 Å². The van der Waals surface area contributed by atoms with Crippen molar-refractivity contribution in [2.75, 3.05) is 20.3 Å². The molecule has 1 aromatic heterocycles. The van der Waals surface area contributed by atoms with Crippen molar-refractivity contribution in [3.05, 3.63) is 23.9 Å². The molecular formula is C14H20N2O3. The van der Waals surface area contributed by atoms with Gasteiger partial charge in [-0.3, -0.25) is 4.79 Å². The van der Waals surface area contributed by atoms with Crippen molar-refractivity contribution >= 4 is 5.91 Å². The Hall–Kier alpha value is -1.62. The third kappa shape index (κ3) is 4.21. The summed E-state index contributed by atoms with van der Waals surface area (Å²) >= 11 is 0. The number of aromatic nitrogens is 1. The summed E-state index contributed by atoms with van der Waals surface area (Å²) in [6.45, 7) is 0.928. The minimum atomic E-state index is -0.0501. The summed E-state index contributed by atoms with van der Waals surface area (Å²) in [6, 6.07) is 3.69. The van der Waals surface area contributed by atoms with E-state index in [0.717, 1.165) is 12.8 Å². The quantitative estimate of drug-likeness (QED) is 0.796. The van der Waals surface area contributed by atoms with Crippen molar-refractivity contribution in [3.8, 4) is 5.88 Å². The topological polar surface area (TPSA) is 60.5 Å². The van der Waals surface area contributed by atoms with E-state index in [1.54, 1.807) is 25.4 Å². The van der Waals surface area contributed by atoms with Gasteiger partial charge in [0.05, 0.1) is 6.61 Å². The van der Waals surface area contributed by atoms with Crippen LogP contribution in [0.3, 0.4) is 0 Å². The number of nitrogens with one attached hydrogen (secondary N) is 1. The van der Waals surface area contributed by atoms with Crippen molar-refractivity contribution in [1.29, 1.82) is 0 Å². The van der Waals surface area contributed by atoms with Crippen molar-refractivity contribution < 1.29 is 14.3 Å². The standard InChI is InChI=1S/C14H20N2O3/c1-18-8-9-19-13-10-11(6-7-15-13)14(17)16-12-4-2-3-5-12/h6-7,10,12H,2-5,8-9H2,1H3,(H,16,17). The average Bonchev–Trinajstić information content (AvgIpc) is 2.92. The van der Waals surface area contributed by atoms with Crippen LogP contribution in [0.1, 0.15) is 36.0 Å². The lowest BCUT2D eigenvalue weighted by Gasteiger charge is -2.12. The number of hydrogen-bond acceptors (Lipinski definition) is 4. The van der Waals surface area contributed by atoms with E-state index in [-0.39, 0.29) is 5.91 Å². The van der Waals surface area contributed by atoms with Gasteiger partial charge in [0.2, 0.25) is 5.88 Å². The maximum Gasteiger partial charge on any atom is 0.251 e. The highest BCUT2D eigenvalue weighted by molar-refractivity contribution is 5.94. The van der Waals surface area contributed by atoms with Crippen molar-refractivity contribution in [2.24, 2.45) is 0 Å². The number of methoxy groups -OCH3 is 1. The fraction of sp³-hybridized carbons (Fsp3) is 0.571. The maximum absolute atomic E-state index is 12.1. The first-order chi connectivity index (χ1) is 9.29. The highest BCUT2D eigenvalue weighted by atomic mass is 16.5. The summed E-state index contributed by atoms with van der Waals surface area (Å²) in [7, 11) is 1.61. The van der Waals surface area contributed by atoms with Crippen LogP contribution in [-0.2, 0) is 4.74 Å². The van der Waals surface area contributed by atoms with Gasteiger partial charge < -0.3 is 14.8 Å². The van der Waals surface area contributed by atoms with Crippen LogP contribution in [0.2, 0.25) is 0 Å². The van der Waals surface area contributed by atoms with Gasteiger partial charge in [-0.15, -0.1) is 0 Å². The predicted molar refractivity (Wildman–Crippen MR) is 71.3 cm³/mol. The molecule has 0 radical (unpaired) electrons. The van der Waals surface area contributed by atoms with Gasteiger partial charge in [0.1, 0.15) is 6.61 Å². The molecule has 0 spiro atoms. The van der Waals surface area contributed by atoms with E-state index in [4.69, 9.17) is 9.47 Å². The van der Waals surface area contributed by atoms with Gasteiger partial charge in [-0.2, -0.15) is 0 Å². The molecule has 2 rings (SSSR count). The zero-order chi connectivity index (χ0) is 13.5. The van der Waals surface area contributed by atoms with Gasteiger partial charge in [-0.25, -0.2) is 4.98 Å².